The normalized spacial score (nSPS) is 14.1. The number of methoxy groups -OCH3 is 1. The molecule has 1 aliphatic rings. The Bertz CT molecular complexity index is 1300. The van der Waals surface area contributed by atoms with E-state index in [1.165, 1.54) is 12.0 Å². The highest BCUT2D eigenvalue weighted by molar-refractivity contribution is 7.09. The van der Waals surface area contributed by atoms with Crippen LogP contribution in [0.5, 0.6) is 11.5 Å². The number of hydrogen-bond donors (Lipinski definition) is 3. The largest absolute Gasteiger partial charge is 0.495 e. The fourth-order valence-electron chi connectivity index (χ4n) is 4.61. The molecule has 0 radical (unpaired) electrons. The van der Waals surface area contributed by atoms with Gasteiger partial charge in [-0.25, -0.2) is 0 Å². The van der Waals surface area contributed by atoms with E-state index in [4.69, 9.17) is 20.9 Å². The summed E-state index contributed by atoms with van der Waals surface area (Å²) in [4.78, 5) is 41.3. The number of amides is 3. The second-order valence-electron chi connectivity index (χ2n) is 8.88. The fourth-order valence-corrected chi connectivity index (χ4v) is 5.36. The molecule has 0 spiro atoms. The van der Waals surface area contributed by atoms with Crippen molar-refractivity contribution in [3.05, 3.63) is 64.7 Å². The number of carbonyl (C=O) groups is 3. The van der Waals surface area contributed by atoms with Gasteiger partial charge in [0.15, 0.2) is 5.69 Å². The van der Waals surface area contributed by atoms with Crippen LogP contribution in [0.25, 0.3) is 0 Å². The molecule has 1 saturated carbocycles. The molecule has 38 heavy (non-hydrogen) atoms. The molecule has 0 aliphatic heterocycles. The Kier molecular flexibility index (Phi) is 8.47. The zero-order chi connectivity index (χ0) is 27.2. The van der Waals surface area contributed by atoms with Crippen LogP contribution in [0.4, 0.5) is 11.4 Å². The molecule has 11 heteroatoms. The summed E-state index contributed by atoms with van der Waals surface area (Å²) in [6, 6.07) is 12.8. The molecule has 4 rings (SSSR count). The van der Waals surface area contributed by atoms with Crippen LogP contribution in [0.15, 0.2) is 48.5 Å². The lowest BCUT2D eigenvalue weighted by atomic mass is 10.0. The number of primary amides is 1. The molecule has 200 valence electrons. The Labute approximate surface area is 225 Å². The van der Waals surface area contributed by atoms with Crippen LogP contribution in [0.3, 0.4) is 0 Å². The first-order chi connectivity index (χ1) is 18.3. The van der Waals surface area contributed by atoms with Crippen molar-refractivity contribution in [3.8, 4) is 11.5 Å². The zero-order valence-corrected chi connectivity index (χ0v) is 22.1. The number of hydrogen-bond acceptors (Lipinski definition) is 8. The minimum absolute atomic E-state index is 0.00527. The molecule has 10 nitrogen and oxygen atoms in total. The van der Waals surface area contributed by atoms with Gasteiger partial charge in [-0.1, -0.05) is 37.1 Å². The SMILES string of the molecule is CCOc1ccc(C(C(=O)NC2CCCC2)N(C(=O)c2snc(C(N)=O)c2N)c2ccccc2OC)cc1. The monoisotopic (exact) mass is 537 g/mol. The molecule has 1 fully saturated rings. The number of nitrogens with two attached hydrogens (primary N) is 2. The maximum atomic E-state index is 14.2. The van der Waals surface area contributed by atoms with E-state index in [2.05, 4.69) is 9.69 Å². The minimum atomic E-state index is -1.09. The van der Waals surface area contributed by atoms with Crippen molar-refractivity contribution in [3.63, 3.8) is 0 Å². The third kappa shape index (κ3) is 5.57. The highest BCUT2D eigenvalue weighted by Crippen LogP contribution is 2.38. The Morgan fingerprint density at radius 3 is 2.42 bits per heavy atom. The number of para-hydroxylation sites is 2. The van der Waals surface area contributed by atoms with Crippen molar-refractivity contribution in [2.45, 2.75) is 44.7 Å². The molecule has 0 bridgehead atoms. The summed E-state index contributed by atoms with van der Waals surface area (Å²) >= 11 is 0.756. The van der Waals surface area contributed by atoms with Crippen molar-refractivity contribution in [2.75, 3.05) is 24.4 Å². The van der Waals surface area contributed by atoms with E-state index in [9.17, 15) is 14.4 Å². The maximum absolute atomic E-state index is 14.2. The van der Waals surface area contributed by atoms with Crippen LogP contribution in [-0.4, -0.2) is 41.9 Å². The zero-order valence-electron chi connectivity index (χ0n) is 21.3. The first-order valence-corrected chi connectivity index (χ1v) is 13.2. The molecule has 3 aromatic rings. The molecule has 5 N–H and O–H groups in total. The minimum Gasteiger partial charge on any atom is -0.495 e. The Hall–Kier alpha value is -4.12. The first-order valence-electron chi connectivity index (χ1n) is 12.4. The standard InChI is InChI=1S/C27H31N5O5S/c1-3-37-18-14-12-16(13-15-18)23(26(34)30-17-8-4-5-9-17)32(19-10-6-7-11-20(19)36-2)27(35)24-21(28)22(25(29)33)31-38-24/h6-7,10-15,17,23H,3-5,8-9,28H2,1-2H3,(H2,29,33)(H,30,34). The number of aromatic nitrogens is 1. The van der Waals surface area contributed by atoms with Crippen molar-refractivity contribution < 1.29 is 23.9 Å². The van der Waals surface area contributed by atoms with Gasteiger partial charge in [0.1, 0.15) is 22.4 Å². The van der Waals surface area contributed by atoms with Gasteiger partial charge in [0.25, 0.3) is 11.8 Å². The predicted octanol–water partition coefficient (Wildman–Crippen LogP) is 3.68. The average molecular weight is 538 g/mol. The number of benzene rings is 2. The highest BCUT2D eigenvalue weighted by Gasteiger charge is 2.38. The second kappa shape index (κ2) is 12.0. The summed E-state index contributed by atoms with van der Waals surface area (Å²) in [6.07, 6.45) is 3.80. The molecule has 1 aliphatic carbocycles. The summed E-state index contributed by atoms with van der Waals surface area (Å²) in [5.74, 6) is -0.789. The van der Waals surface area contributed by atoms with E-state index < -0.39 is 17.9 Å². The summed E-state index contributed by atoms with van der Waals surface area (Å²) < 4.78 is 15.1. The van der Waals surface area contributed by atoms with Crippen LogP contribution in [0, 0.1) is 0 Å². The van der Waals surface area contributed by atoms with E-state index >= 15 is 0 Å². The Morgan fingerprint density at radius 2 is 1.82 bits per heavy atom. The van der Waals surface area contributed by atoms with Crippen LogP contribution < -0.4 is 31.2 Å². The molecule has 0 saturated heterocycles. The molecule has 1 heterocycles. The van der Waals surface area contributed by atoms with Gasteiger partial charge in [-0.15, -0.1) is 0 Å². The van der Waals surface area contributed by atoms with Crippen molar-refractivity contribution in [1.82, 2.24) is 9.69 Å². The van der Waals surface area contributed by atoms with Crippen LogP contribution >= 0.6 is 11.5 Å². The molecule has 1 unspecified atom stereocenters. The van der Waals surface area contributed by atoms with Crippen molar-refractivity contribution in [2.24, 2.45) is 5.73 Å². The molecular formula is C27H31N5O5S. The third-order valence-corrected chi connectivity index (χ3v) is 7.29. The van der Waals surface area contributed by atoms with E-state index in [0.717, 1.165) is 37.2 Å². The lowest BCUT2D eigenvalue weighted by Crippen LogP contribution is -2.46. The number of anilines is 2. The lowest BCUT2D eigenvalue weighted by Gasteiger charge is -2.33. The molecule has 1 aromatic heterocycles. The molecule has 2 aromatic carbocycles. The van der Waals surface area contributed by atoms with Crippen molar-refractivity contribution >= 4 is 40.6 Å². The number of nitrogens with one attached hydrogen (secondary N) is 1. The lowest BCUT2D eigenvalue weighted by molar-refractivity contribution is -0.123. The van der Waals surface area contributed by atoms with E-state index in [1.54, 1.807) is 48.5 Å². The smallest absolute Gasteiger partial charge is 0.273 e. The first kappa shape index (κ1) is 26.9. The number of carbonyl (C=O) groups excluding carboxylic acids is 3. The highest BCUT2D eigenvalue weighted by atomic mass is 32.1. The quantitative estimate of drug-likeness (QED) is 0.357. The van der Waals surface area contributed by atoms with Gasteiger partial charge in [0, 0.05) is 6.04 Å². The Balaban J connectivity index is 1.87. The third-order valence-electron chi connectivity index (χ3n) is 6.43. The summed E-state index contributed by atoms with van der Waals surface area (Å²) in [6.45, 7) is 2.37. The fraction of sp³-hybridized carbons (Fsp3) is 0.333. The van der Waals surface area contributed by atoms with E-state index in [1.807, 2.05) is 6.92 Å². The van der Waals surface area contributed by atoms with Gasteiger partial charge in [-0.2, -0.15) is 4.37 Å². The molecule has 3 amide bonds. The summed E-state index contributed by atoms with van der Waals surface area (Å²) in [5.41, 5.74) is 12.1. The average Bonchev–Trinajstić information content (AvgIpc) is 3.57. The molecule has 1 atom stereocenters. The second-order valence-corrected chi connectivity index (χ2v) is 9.65. The summed E-state index contributed by atoms with van der Waals surface area (Å²) in [7, 11) is 1.48. The van der Waals surface area contributed by atoms with E-state index in [-0.39, 0.29) is 28.2 Å². The van der Waals surface area contributed by atoms with Crippen LogP contribution in [0.1, 0.15) is 64.4 Å². The number of rotatable bonds is 10. The van der Waals surface area contributed by atoms with Crippen LogP contribution in [-0.2, 0) is 4.79 Å². The number of nitrogens with zero attached hydrogens (tertiary/aromatic N) is 2. The van der Waals surface area contributed by atoms with Gasteiger partial charge in [0.05, 0.1) is 25.1 Å². The predicted molar refractivity (Wildman–Crippen MR) is 146 cm³/mol. The molecular weight excluding hydrogens is 506 g/mol. The van der Waals surface area contributed by atoms with Gasteiger partial charge >= 0.3 is 0 Å². The maximum Gasteiger partial charge on any atom is 0.273 e. The topological polar surface area (TPSA) is 150 Å². The van der Waals surface area contributed by atoms with Gasteiger partial charge in [0.2, 0.25) is 5.91 Å². The van der Waals surface area contributed by atoms with E-state index in [0.29, 0.717) is 29.4 Å². The van der Waals surface area contributed by atoms with Gasteiger partial charge in [-0.3, -0.25) is 19.3 Å². The summed E-state index contributed by atoms with van der Waals surface area (Å²) in [5, 5.41) is 3.13. The Morgan fingerprint density at radius 1 is 1.13 bits per heavy atom. The van der Waals surface area contributed by atoms with Gasteiger partial charge < -0.3 is 26.3 Å². The number of nitrogen functional groups attached to an aromatic ring is 1. The number of ether oxygens (including phenoxy) is 2. The van der Waals surface area contributed by atoms with Crippen LogP contribution in [0.2, 0.25) is 0 Å². The van der Waals surface area contributed by atoms with Gasteiger partial charge in [-0.05, 0) is 61.1 Å². The van der Waals surface area contributed by atoms with Crippen molar-refractivity contribution in [1.29, 1.82) is 0 Å².